The number of aryl methyl sites for hydroxylation is 2. The second-order valence-corrected chi connectivity index (χ2v) is 9.97. The van der Waals surface area contributed by atoms with Crippen LogP contribution in [0.25, 0.3) is 0 Å². The Morgan fingerprint density at radius 3 is 2.58 bits per heavy atom. The Kier molecular flexibility index (Phi) is 5.99. The molecule has 3 heterocycles. The van der Waals surface area contributed by atoms with Gasteiger partial charge in [-0.25, -0.2) is 4.98 Å². The third kappa shape index (κ3) is 4.32. The van der Waals surface area contributed by atoms with Gasteiger partial charge in [-0.3, -0.25) is 9.80 Å². The molecule has 5 heteroatoms. The molecule has 0 unspecified atom stereocenters. The summed E-state index contributed by atoms with van der Waals surface area (Å²) in [7, 11) is 0. The number of piperidine rings is 1. The number of aromatic nitrogens is 1. The maximum atomic E-state index is 5.87. The van der Waals surface area contributed by atoms with Crippen molar-refractivity contribution in [2.45, 2.75) is 77.5 Å². The van der Waals surface area contributed by atoms with Gasteiger partial charge in [0.15, 0.2) is 0 Å². The van der Waals surface area contributed by atoms with Crippen LogP contribution >= 0.6 is 11.3 Å². The minimum atomic E-state index is 0.393. The predicted octanol–water partition coefficient (Wildman–Crippen LogP) is 4.04. The molecular weight excluding hydrogens is 342 g/mol. The Bertz CT molecular complexity index is 586. The molecule has 1 aromatic heterocycles. The average Bonchev–Trinajstić information content (AvgIpc) is 3.00. The summed E-state index contributed by atoms with van der Waals surface area (Å²) in [6, 6.07) is 0.659. The monoisotopic (exact) mass is 377 g/mol. The van der Waals surface area contributed by atoms with Crippen LogP contribution in [0.5, 0.6) is 0 Å². The van der Waals surface area contributed by atoms with Gasteiger partial charge in [0.05, 0.1) is 22.9 Å². The van der Waals surface area contributed by atoms with Crippen molar-refractivity contribution >= 4 is 11.3 Å². The molecule has 2 saturated heterocycles. The van der Waals surface area contributed by atoms with E-state index in [1.807, 2.05) is 11.3 Å². The molecule has 0 spiro atoms. The summed E-state index contributed by atoms with van der Waals surface area (Å²) < 4.78 is 5.87. The van der Waals surface area contributed by atoms with Gasteiger partial charge in [-0.15, -0.1) is 11.3 Å². The quantitative estimate of drug-likeness (QED) is 0.792. The van der Waals surface area contributed by atoms with E-state index >= 15 is 0 Å². The highest BCUT2D eigenvalue weighted by Crippen LogP contribution is 2.39. The summed E-state index contributed by atoms with van der Waals surface area (Å²) in [6.07, 6.45) is 8.74. The Hall–Kier alpha value is -0.490. The number of rotatable bonds is 4. The molecule has 3 atom stereocenters. The molecule has 4 rings (SSSR count). The number of nitrogens with zero attached hydrogens (tertiary/aromatic N) is 3. The van der Waals surface area contributed by atoms with Crippen molar-refractivity contribution in [3.8, 4) is 0 Å². The minimum Gasteiger partial charge on any atom is -0.373 e. The smallest absolute Gasteiger partial charge is 0.0900 e. The number of thiazole rings is 1. The van der Waals surface area contributed by atoms with Crippen molar-refractivity contribution in [3.05, 3.63) is 15.6 Å². The third-order valence-corrected chi connectivity index (χ3v) is 7.58. The Morgan fingerprint density at radius 1 is 1.12 bits per heavy atom. The van der Waals surface area contributed by atoms with Crippen LogP contribution in [0.4, 0.5) is 0 Å². The lowest BCUT2D eigenvalue weighted by Crippen LogP contribution is -2.46. The highest BCUT2D eigenvalue weighted by Gasteiger charge is 2.31. The van der Waals surface area contributed by atoms with Crippen molar-refractivity contribution in [1.29, 1.82) is 0 Å². The van der Waals surface area contributed by atoms with Crippen molar-refractivity contribution in [1.82, 2.24) is 14.8 Å². The Labute approximate surface area is 162 Å². The minimum absolute atomic E-state index is 0.393. The molecule has 146 valence electrons. The van der Waals surface area contributed by atoms with Crippen molar-refractivity contribution < 1.29 is 4.74 Å². The fourth-order valence-electron chi connectivity index (χ4n) is 5.25. The number of hydrogen-bond donors (Lipinski definition) is 0. The maximum Gasteiger partial charge on any atom is 0.0900 e. The molecule has 2 fully saturated rings. The molecule has 0 saturated carbocycles. The first-order valence-corrected chi connectivity index (χ1v) is 11.5. The normalized spacial score (nSPS) is 31.9. The van der Waals surface area contributed by atoms with Crippen molar-refractivity contribution in [2.24, 2.45) is 5.92 Å². The second-order valence-electron chi connectivity index (χ2n) is 8.74. The third-order valence-electron chi connectivity index (χ3n) is 6.47. The summed E-state index contributed by atoms with van der Waals surface area (Å²) in [5.74, 6) is 0.908. The van der Waals surface area contributed by atoms with E-state index in [0.29, 0.717) is 18.2 Å². The number of morpholine rings is 1. The van der Waals surface area contributed by atoms with Crippen molar-refractivity contribution in [3.63, 3.8) is 0 Å². The van der Waals surface area contributed by atoms with Crippen LogP contribution in [0.15, 0.2) is 0 Å². The largest absolute Gasteiger partial charge is 0.373 e. The van der Waals surface area contributed by atoms with Crippen LogP contribution in [-0.4, -0.2) is 59.7 Å². The fourth-order valence-corrected chi connectivity index (χ4v) is 6.40. The highest BCUT2D eigenvalue weighted by molar-refractivity contribution is 7.11. The number of hydrogen-bond acceptors (Lipinski definition) is 5. The number of likely N-dealkylation sites (tertiary alicyclic amines) is 1. The van der Waals surface area contributed by atoms with Crippen LogP contribution in [0.1, 0.15) is 67.6 Å². The fraction of sp³-hybridized carbons (Fsp3) is 0.857. The van der Waals surface area contributed by atoms with Gasteiger partial charge in [-0.1, -0.05) is 0 Å². The number of fused-ring (bicyclic) bond motifs is 1. The summed E-state index contributed by atoms with van der Waals surface area (Å²) in [5.41, 5.74) is 1.40. The van der Waals surface area contributed by atoms with Crippen LogP contribution in [0.2, 0.25) is 0 Å². The van der Waals surface area contributed by atoms with E-state index in [-0.39, 0.29) is 0 Å². The zero-order valence-corrected chi connectivity index (χ0v) is 17.6. The molecule has 2 aliphatic heterocycles. The highest BCUT2D eigenvalue weighted by atomic mass is 32.1. The van der Waals surface area contributed by atoms with Gasteiger partial charge >= 0.3 is 0 Å². The molecule has 1 aliphatic carbocycles. The molecular formula is C21H35N3OS. The van der Waals surface area contributed by atoms with E-state index < -0.39 is 0 Å². The van der Waals surface area contributed by atoms with Crippen LogP contribution in [0.3, 0.4) is 0 Å². The zero-order chi connectivity index (χ0) is 18.1. The number of ether oxygens (including phenoxy) is 1. The second kappa shape index (κ2) is 8.26. The standard InChI is InChI=1S/C21H35N3OS/c1-15-13-23(14-16(2)25-15)10-7-18-8-11-24(12-9-18)20-6-4-5-19-21(20)26-17(3)22-19/h15-16,18,20H,4-14H2,1-3H3/t15-,16+,20-/m0/s1. The molecule has 1 aromatic rings. The Morgan fingerprint density at radius 2 is 1.85 bits per heavy atom. The maximum absolute atomic E-state index is 5.87. The van der Waals surface area contributed by atoms with E-state index in [1.165, 1.54) is 68.9 Å². The first kappa shape index (κ1) is 18.9. The van der Waals surface area contributed by atoms with Crippen LogP contribution in [0, 0.1) is 12.8 Å². The predicted molar refractivity (Wildman–Crippen MR) is 108 cm³/mol. The SMILES string of the molecule is Cc1nc2c(s1)[C@@H](N1CCC(CCN3C[C@@H](C)O[C@@H](C)C3)CC1)CCC2. The van der Waals surface area contributed by atoms with Gasteiger partial charge < -0.3 is 4.74 Å². The molecule has 26 heavy (non-hydrogen) atoms. The molecule has 0 bridgehead atoms. The van der Waals surface area contributed by atoms with Crippen LogP contribution in [-0.2, 0) is 11.2 Å². The lowest BCUT2D eigenvalue weighted by molar-refractivity contribution is -0.0694. The lowest BCUT2D eigenvalue weighted by atomic mass is 9.89. The van der Waals surface area contributed by atoms with E-state index in [0.717, 1.165) is 19.0 Å². The van der Waals surface area contributed by atoms with Gasteiger partial charge in [0.25, 0.3) is 0 Å². The Balaban J connectivity index is 1.26. The molecule has 0 aromatic carbocycles. The average molecular weight is 378 g/mol. The first-order valence-electron chi connectivity index (χ1n) is 10.7. The summed E-state index contributed by atoms with van der Waals surface area (Å²) in [4.78, 5) is 11.8. The summed E-state index contributed by atoms with van der Waals surface area (Å²) >= 11 is 1.95. The molecule has 0 radical (unpaired) electrons. The molecule has 4 nitrogen and oxygen atoms in total. The van der Waals surface area contributed by atoms with E-state index in [9.17, 15) is 0 Å². The van der Waals surface area contributed by atoms with Gasteiger partial charge in [0.1, 0.15) is 0 Å². The first-order chi connectivity index (χ1) is 12.6. The molecule has 0 N–H and O–H groups in total. The van der Waals surface area contributed by atoms with Gasteiger partial charge in [-0.05, 0) is 84.8 Å². The van der Waals surface area contributed by atoms with Crippen LogP contribution < -0.4 is 0 Å². The van der Waals surface area contributed by atoms with E-state index in [4.69, 9.17) is 9.72 Å². The zero-order valence-electron chi connectivity index (χ0n) is 16.7. The van der Waals surface area contributed by atoms with E-state index in [1.54, 1.807) is 4.88 Å². The van der Waals surface area contributed by atoms with E-state index in [2.05, 4.69) is 30.6 Å². The van der Waals surface area contributed by atoms with Gasteiger partial charge in [0.2, 0.25) is 0 Å². The summed E-state index contributed by atoms with van der Waals surface area (Å²) in [5, 5.41) is 1.26. The lowest BCUT2D eigenvalue weighted by Gasteiger charge is -2.40. The summed E-state index contributed by atoms with van der Waals surface area (Å²) in [6.45, 7) is 12.6. The molecule has 3 aliphatic rings. The van der Waals surface area contributed by atoms with Crippen molar-refractivity contribution in [2.75, 3.05) is 32.7 Å². The van der Waals surface area contributed by atoms with Gasteiger partial charge in [-0.2, -0.15) is 0 Å². The van der Waals surface area contributed by atoms with Gasteiger partial charge in [0, 0.05) is 24.0 Å². The topological polar surface area (TPSA) is 28.6 Å². The molecule has 0 amide bonds.